The summed E-state index contributed by atoms with van der Waals surface area (Å²) in [5.74, 6) is 0.240. The van der Waals surface area contributed by atoms with Crippen molar-refractivity contribution in [2.75, 3.05) is 5.75 Å². The molecule has 0 aliphatic heterocycles. The lowest BCUT2D eigenvalue weighted by molar-refractivity contribution is -0.133. The van der Waals surface area contributed by atoms with Gasteiger partial charge < -0.3 is 9.67 Å². The number of rotatable bonds is 7. The third kappa shape index (κ3) is 4.29. The molecule has 0 spiro atoms. The summed E-state index contributed by atoms with van der Waals surface area (Å²) in [5.41, 5.74) is 0.995. The van der Waals surface area contributed by atoms with Crippen molar-refractivity contribution in [3.8, 4) is 0 Å². The molecule has 0 aliphatic rings. The molecule has 0 aliphatic carbocycles. The minimum Gasteiger partial charge on any atom is -0.481 e. The lowest BCUT2D eigenvalue weighted by atomic mass is 10.2. The molecule has 2 rings (SSSR count). The van der Waals surface area contributed by atoms with Crippen molar-refractivity contribution in [1.82, 2.24) is 19.7 Å². The predicted molar refractivity (Wildman–Crippen MR) is 80.4 cm³/mol. The van der Waals surface area contributed by atoms with E-state index in [0.29, 0.717) is 11.7 Å². The first-order chi connectivity index (χ1) is 10.1. The van der Waals surface area contributed by atoms with Crippen LogP contribution in [0.1, 0.15) is 31.3 Å². The third-order valence-corrected chi connectivity index (χ3v) is 3.86. The van der Waals surface area contributed by atoms with Gasteiger partial charge in [0, 0.05) is 30.8 Å². The number of hydrogen-bond donors (Lipinski definition) is 1. The van der Waals surface area contributed by atoms with Crippen molar-refractivity contribution in [2.24, 2.45) is 0 Å². The van der Waals surface area contributed by atoms with Gasteiger partial charge in [0.25, 0.3) is 0 Å². The summed E-state index contributed by atoms with van der Waals surface area (Å²) in [6.45, 7) is 4.79. The molecule has 2 aromatic rings. The molecule has 2 aromatic heterocycles. The number of carbonyl (C=O) groups is 1. The fourth-order valence-electron chi connectivity index (χ4n) is 1.94. The largest absolute Gasteiger partial charge is 0.481 e. The molecule has 0 aromatic carbocycles. The number of aliphatic carboxylic acids is 1. The first-order valence-electron chi connectivity index (χ1n) is 6.75. The van der Waals surface area contributed by atoms with Crippen molar-refractivity contribution >= 4 is 17.7 Å². The maximum atomic E-state index is 10.7. The predicted octanol–water partition coefficient (Wildman–Crippen LogP) is 2.22. The quantitative estimate of drug-likeness (QED) is 0.790. The molecule has 0 saturated heterocycles. The van der Waals surface area contributed by atoms with E-state index in [1.807, 2.05) is 36.6 Å². The standard InChI is InChI=1S/C14H18N4O2S/c1-10(2)13-16-17-14(21-9-12(19)20)18(13)8-6-11-5-3-4-7-15-11/h3-5,7,10H,6,8-9H2,1-2H3,(H,19,20). The SMILES string of the molecule is CC(C)c1nnc(SCC(=O)O)n1CCc1ccccn1. The third-order valence-electron chi connectivity index (χ3n) is 2.90. The molecule has 0 saturated carbocycles. The molecular weight excluding hydrogens is 288 g/mol. The van der Waals surface area contributed by atoms with Crippen LogP contribution < -0.4 is 0 Å². The number of aromatic nitrogens is 4. The van der Waals surface area contributed by atoms with Gasteiger partial charge in [-0.05, 0) is 12.1 Å². The van der Waals surface area contributed by atoms with Crippen LogP contribution in [0.4, 0.5) is 0 Å². The van der Waals surface area contributed by atoms with Crippen LogP contribution in [0.2, 0.25) is 0 Å². The lowest BCUT2D eigenvalue weighted by Gasteiger charge is -2.11. The van der Waals surface area contributed by atoms with Gasteiger partial charge in [-0.1, -0.05) is 31.7 Å². The monoisotopic (exact) mass is 306 g/mol. The molecule has 1 N–H and O–H groups in total. The summed E-state index contributed by atoms with van der Waals surface area (Å²) in [6.07, 6.45) is 2.53. The van der Waals surface area contributed by atoms with Gasteiger partial charge in [-0.25, -0.2) is 0 Å². The van der Waals surface area contributed by atoms with Crippen molar-refractivity contribution in [1.29, 1.82) is 0 Å². The summed E-state index contributed by atoms with van der Waals surface area (Å²) >= 11 is 1.20. The molecule has 112 valence electrons. The number of carboxylic acid groups (broad SMARTS) is 1. The average molecular weight is 306 g/mol. The van der Waals surface area contributed by atoms with E-state index < -0.39 is 5.97 Å². The molecule has 0 unspecified atom stereocenters. The van der Waals surface area contributed by atoms with Crippen LogP contribution in [0, 0.1) is 0 Å². The Bertz CT molecular complexity index is 598. The molecule has 21 heavy (non-hydrogen) atoms. The lowest BCUT2D eigenvalue weighted by Crippen LogP contribution is -2.10. The van der Waals surface area contributed by atoms with E-state index in [1.165, 1.54) is 11.8 Å². The minimum absolute atomic E-state index is 0.0141. The first-order valence-corrected chi connectivity index (χ1v) is 7.74. The van der Waals surface area contributed by atoms with Crippen molar-refractivity contribution in [2.45, 2.75) is 37.9 Å². The van der Waals surface area contributed by atoms with Crippen LogP contribution >= 0.6 is 11.8 Å². The van der Waals surface area contributed by atoms with E-state index >= 15 is 0 Å². The van der Waals surface area contributed by atoms with E-state index in [0.717, 1.165) is 17.9 Å². The Balaban J connectivity index is 2.14. The molecule has 2 heterocycles. The van der Waals surface area contributed by atoms with E-state index in [2.05, 4.69) is 15.2 Å². The molecule has 0 atom stereocenters. The Hall–Kier alpha value is -1.89. The highest BCUT2D eigenvalue weighted by molar-refractivity contribution is 7.99. The van der Waals surface area contributed by atoms with E-state index in [-0.39, 0.29) is 11.7 Å². The molecule has 6 nitrogen and oxygen atoms in total. The van der Waals surface area contributed by atoms with Crippen molar-refractivity contribution in [3.05, 3.63) is 35.9 Å². The van der Waals surface area contributed by atoms with E-state index in [4.69, 9.17) is 5.11 Å². The van der Waals surface area contributed by atoms with Gasteiger partial charge >= 0.3 is 5.97 Å². The van der Waals surface area contributed by atoms with Crippen LogP contribution in [-0.4, -0.2) is 36.6 Å². The number of pyridine rings is 1. The van der Waals surface area contributed by atoms with Gasteiger partial charge in [0.05, 0.1) is 5.75 Å². The van der Waals surface area contributed by atoms with Gasteiger partial charge in [0.15, 0.2) is 5.16 Å². The van der Waals surface area contributed by atoms with Gasteiger partial charge in [-0.3, -0.25) is 9.78 Å². The second-order valence-electron chi connectivity index (χ2n) is 4.90. The summed E-state index contributed by atoms with van der Waals surface area (Å²) in [5, 5.41) is 17.7. The number of thioether (sulfide) groups is 1. The van der Waals surface area contributed by atoms with Crippen LogP contribution in [-0.2, 0) is 17.8 Å². The molecule has 0 fully saturated rings. The summed E-state index contributed by atoms with van der Waals surface area (Å²) in [6, 6.07) is 5.82. The number of hydrogen-bond acceptors (Lipinski definition) is 5. The summed E-state index contributed by atoms with van der Waals surface area (Å²) in [7, 11) is 0. The number of carboxylic acids is 1. The van der Waals surface area contributed by atoms with E-state index in [1.54, 1.807) is 6.20 Å². The fourth-order valence-corrected chi connectivity index (χ4v) is 2.63. The zero-order valence-corrected chi connectivity index (χ0v) is 12.9. The fraction of sp³-hybridized carbons (Fsp3) is 0.429. The highest BCUT2D eigenvalue weighted by Crippen LogP contribution is 2.21. The highest BCUT2D eigenvalue weighted by Gasteiger charge is 2.16. The first kappa shape index (κ1) is 15.5. The van der Waals surface area contributed by atoms with Crippen LogP contribution in [0.3, 0.4) is 0 Å². The second kappa shape index (κ2) is 7.21. The number of nitrogens with zero attached hydrogens (tertiary/aromatic N) is 4. The Kier molecular flexibility index (Phi) is 5.32. The zero-order chi connectivity index (χ0) is 15.2. The highest BCUT2D eigenvalue weighted by atomic mass is 32.2. The van der Waals surface area contributed by atoms with Gasteiger partial charge in [-0.15, -0.1) is 10.2 Å². The Labute approximate surface area is 127 Å². The normalized spacial score (nSPS) is 11.0. The summed E-state index contributed by atoms with van der Waals surface area (Å²) in [4.78, 5) is 15.0. The Morgan fingerprint density at radius 3 is 2.81 bits per heavy atom. The molecular formula is C14H18N4O2S. The molecule has 0 radical (unpaired) electrons. The van der Waals surface area contributed by atoms with Gasteiger partial charge in [0.2, 0.25) is 0 Å². The zero-order valence-electron chi connectivity index (χ0n) is 12.1. The summed E-state index contributed by atoms with van der Waals surface area (Å²) < 4.78 is 1.99. The van der Waals surface area contributed by atoms with Crippen molar-refractivity contribution in [3.63, 3.8) is 0 Å². The molecule has 0 bridgehead atoms. The van der Waals surface area contributed by atoms with Crippen LogP contribution in [0.15, 0.2) is 29.6 Å². The van der Waals surface area contributed by atoms with Crippen LogP contribution in [0.25, 0.3) is 0 Å². The smallest absolute Gasteiger partial charge is 0.313 e. The average Bonchev–Trinajstić information content (AvgIpc) is 2.87. The van der Waals surface area contributed by atoms with Gasteiger partial charge in [-0.2, -0.15) is 0 Å². The number of aryl methyl sites for hydroxylation is 1. The van der Waals surface area contributed by atoms with E-state index in [9.17, 15) is 4.79 Å². The van der Waals surface area contributed by atoms with Crippen LogP contribution in [0.5, 0.6) is 0 Å². The van der Waals surface area contributed by atoms with Crippen molar-refractivity contribution < 1.29 is 9.90 Å². The topological polar surface area (TPSA) is 80.9 Å². The Morgan fingerprint density at radius 2 is 2.19 bits per heavy atom. The Morgan fingerprint density at radius 1 is 1.38 bits per heavy atom. The second-order valence-corrected chi connectivity index (χ2v) is 5.84. The minimum atomic E-state index is -0.856. The molecule has 0 amide bonds. The maximum Gasteiger partial charge on any atom is 0.313 e. The maximum absolute atomic E-state index is 10.7. The van der Waals surface area contributed by atoms with Gasteiger partial charge in [0.1, 0.15) is 5.82 Å². The molecule has 7 heteroatoms.